The zero-order valence-electron chi connectivity index (χ0n) is 19.4. The monoisotopic (exact) mass is 568 g/mol. The summed E-state index contributed by atoms with van der Waals surface area (Å²) in [6, 6.07) is 13.8. The Morgan fingerprint density at radius 1 is 1.09 bits per heavy atom. The third kappa shape index (κ3) is 8.30. The Morgan fingerprint density at radius 2 is 1.85 bits per heavy atom. The third-order valence-electron chi connectivity index (χ3n) is 5.03. The highest BCUT2D eigenvalue weighted by atomic mass is 127. The highest BCUT2D eigenvalue weighted by Gasteiger charge is 2.14. The van der Waals surface area contributed by atoms with Crippen molar-refractivity contribution in [2.45, 2.75) is 19.4 Å². The van der Waals surface area contributed by atoms with Gasteiger partial charge >= 0.3 is 0 Å². The van der Waals surface area contributed by atoms with E-state index in [4.69, 9.17) is 19.2 Å². The van der Waals surface area contributed by atoms with Crippen LogP contribution in [0, 0.1) is 0 Å². The molecule has 0 atom stereocenters. The number of para-hydroxylation sites is 1. The Hall–Kier alpha value is -2.69. The molecule has 0 unspecified atom stereocenters. The molecule has 2 aromatic carbocycles. The first-order valence-corrected chi connectivity index (χ1v) is 10.8. The van der Waals surface area contributed by atoms with Crippen molar-refractivity contribution in [3.8, 4) is 17.2 Å². The third-order valence-corrected chi connectivity index (χ3v) is 5.03. The summed E-state index contributed by atoms with van der Waals surface area (Å²) >= 11 is 0. The lowest BCUT2D eigenvalue weighted by molar-refractivity contribution is -0.127. The maximum absolute atomic E-state index is 12.0. The van der Waals surface area contributed by atoms with Gasteiger partial charge in [-0.15, -0.1) is 24.0 Å². The van der Waals surface area contributed by atoms with Gasteiger partial charge in [0.05, 0.1) is 33.4 Å². The summed E-state index contributed by atoms with van der Waals surface area (Å²) in [5.41, 5.74) is 2.13. The van der Waals surface area contributed by atoms with Crippen LogP contribution in [-0.2, 0) is 17.8 Å². The van der Waals surface area contributed by atoms with E-state index < -0.39 is 0 Å². The lowest BCUT2D eigenvalue weighted by Crippen LogP contribution is -2.43. The minimum Gasteiger partial charge on any atom is -0.497 e. The molecule has 9 heteroatoms. The molecule has 3 rings (SSSR count). The predicted octanol–water partition coefficient (Wildman–Crippen LogP) is 2.84. The zero-order chi connectivity index (χ0) is 22.8. The second-order valence-corrected chi connectivity index (χ2v) is 7.63. The fourth-order valence-corrected chi connectivity index (χ4v) is 3.15. The number of carbonyl (C=O) groups excluding carboxylic acids is 1. The average molecular weight is 568 g/mol. The molecule has 2 N–H and O–H groups in total. The molecule has 1 aliphatic heterocycles. The van der Waals surface area contributed by atoms with Gasteiger partial charge in [-0.3, -0.25) is 4.79 Å². The number of benzene rings is 2. The summed E-state index contributed by atoms with van der Waals surface area (Å²) in [6.45, 7) is 2.50. The molecule has 0 spiro atoms. The van der Waals surface area contributed by atoms with Crippen molar-refractivity contribution in [2.24, 2.45) is 4.99 Å². The van der Waals surface area contributed by atoms with E-state index in [1.165, 1.54) is 5.56 Å². The standard InChI is InChI=1S/C24H32N4O4.HI/c1-28(2)22(29)17-27-24(25-13-12-18-8-10-20(30-3)11-9-18)26-16-19-6-4-7-21-23(19)32-15-5-14-31-21;/h4,6-11H,5,12-17H2,1-3H3,(H2,25,26,27);1H. The second kappa shape index (κ2) is 13.8. The number of fused-ring (bicyclic) bond motifs is 1. The SMILES string of the molecule is COc1ccc(CCNC(=NCc2cccc3c2OCCCO3)NCC(=O)N(C)C)cc1.I. The number of hydrogen-bond acceptors (Lipinski definition) is 5. The van der Waals surface area contributed by atoms with Gasteiger partial charge in [0, 0.05) is 32.6 Å². The number of hydrogen-bond donors (Lipinski definition) is 2. The normalized spacial score (nSPS) is 12.8. The molecule has 0 saturated heterocycles. The lowest BCUT2D eigenvalue weighted by Gasteiger charge is -2.16. The number of ether oxygens (including phenoxy) is 3. The van der Waals surface area contributed by atoms with E-state index >= 15 is 0 Å². The number of aliphatic imine (C=N–C) groups is 1. The Morgan fingerprint density at radius 3 is 2.58 bits per heavy atom. The van der Waals surface area contributed by atoms with Gasteiger partial charge in [-0.05, 0) is 30.2 Å². The minimum absolute atomic E-state index is 0. The topological polar surface area (TPSA) is 84.4 Å². The van der Waals surface area contributed by atoms with Crippen molar-refractivity contribution in [3.05, 3.63) is 53.6 Å². The summed E-state index contributed by atoms with van der Waals surface area (Å²) in [7, 11) is 5.12. The number of carbonyl (C=O) groups is 1. The van der Waals surface area contributed by atoms with E-state index in [0.717, 1.165) is 35.7 Å². The maximum atomic E-state index is 12.0. The number of nitrogens with zero attached hydrogens (tertiary/aromatic N) is 2. The van der Waals surface area contributed by atoms with Crippen LogP contribution in [0.4, 0.5) is 0 Å². The number of likely N-dealkylation sites (N-methyl/N-ethyl adjacent to an activating group) is 1. The molecule has 2 aromatic rings. The van der Waals surface area contributed by atoms with Crippen LogP contribution in [0.25, 0.3) is 0 Å². The van der Waals surface area contributed by atoms with Crippen molar-refractivity contribution in [1.29, 1.82) is 0 Å². The van der Waals surface area contributed by atoms with Crippen LogP contribution >= 0.6 is 24.0 Å². The van der Waals surface area contributed by atoms with E-state index in [2.05, 4.69) is 10.6 Å². The molecule has 180 valence electrons. The lowest BCUT2D eigenvalue weighted by atomic mass is 10.1. The van der Waals surface area contributed by atoms with Gasteiger partial charge in [-0.2, -0.15) is 0 Å². The molecule has 0 fully saturated rings. The number of nitrogens with one attached hydrogen (secondary N) is 2. The van der Waals surface area contributed by atoms with Crippen LogP contribution < -0.4 is 24.8 Å². The molecule has 8 nitrogen and oxygen atoms in total. The molecule has 0 radical (unpaired) electrons. The average Bonchev–Trinajstić information content (AvgIpc) is 3.06. The van der Waals surface area contributed by atoms with Crippen LogP contribution in [0.5, 0.6) is 17.2 Å². The largest absolute Gasteiger partial charge is 0.497 e. The van der Waals surface area contributed by atoms with Crippen LogP contribution in [0.1, 0.15) is 17.5 Å². The van der Waals surface area contributed by atoms with Gasteiger partial charge in [0.1, 0.15) is 5.75 Å². The Kier molecular flexibility index (Phi) is 11.1. The molecule has 33 heavy (non-hydrogen) atoms. The van der Waals surface area contributed by atoms with Crippen molar-refractivity contribution < 1.29 is 19.0 Å². The number of methoxy groups -OCH3 is 1. The van der Waals surface area contributed by atoms with Crippen LogP contribution in [0.2, 0.25) is 0 Å². The fourth-order valence-electron chi connectivity index (χ4n) is 3.15. The zero-order valence-corrected chi connectivity index (χ0v) is 21.8. The Balaban J connectivity index is 0.00000385. The molecular formula is C24H33IN4O4. The Labute approximate surface area is 212 Å². The van der Waals surface area contributed by atoms with Crippen molar-refractivity contribution in [3.63, 3.8) is 0 Å². The van der Waals surface area contributed by atoms with Gasteiger partial charge in [0.15, 0.2) is 17.5 Å². The minimum atomic E-state index is -0.0278. The van der Waals surface area contributed by atoms with Crippen LogP contribution in [-0.4, -0.2) is 64.3 Å². The van der Waals surface area contributed by atoms with Crippen molar-refractivity contribution >= 4 is 35.8 Å². The van der Waals surface area contributed by atoms with E-state index in [1.54, 1.807) is 26.1 Å². The number of rotatable bonds is 8. The van der Waals surface area contributed by atoms with Gasteiger partial charge < -0.3 is 29.7 Å². The second-order valence-electron chi connectivity index (χ2n) is 7.63. The van der Waals surface area contributed by atoms with Crippen molar-refractivity contribution in [2.75, 3.05) is 47.5 Å². The van der Waals surface area contributed by atoms with E-state index in [9.17, 15) is 4.79 Å². The summed E-state index contributed by atoms with van der Waals surface area (Å²) in [5, 5.41) is 6.44. The molecule has 0 saturated carbocycles. The highest BCUT2D eigenvalue weighted by molar-refractivity contribution is 14.0. The molecule has 0 aromatic heterocycles. The predicted molar refractivity (Wildman–Crippen MR) is 140 cm³/mol. The maximum Gasteiger partial charge on any atom is 0.241 e. The number of amides is 1. The van der Waals surface area contributed by atoms with Gasteiger partial charge in [-0.25, -0.2) is 4.99 Å². The van der Waals surface area contributed by atoms with Crippen LogP contribution in [0.3, 0.4) is 0 Å². The summed E-state index contributed by atoms with van der Waals surface area (Å²) in [6.07, 6.45) is 1.66. The first kappa shape index (κ1) is 26.6. The molecule has 0 aliphatic carbocycles. The van der Waals surface area contributed by atoms with Crippen LogP contribution in [0.15, 0.2) is 47.5 Å². The van der Waals surface area contributed by atoms with Gasteiger partial charge in [0.2, 0.25) is 5.91 Å². The summed E-state index contributed by atoms with van der Waals surface area (Å²) in [5.74, 6) is 2.87. The molecule has 1 aliphatic rings. The summed E-state index contributed by atoms with van der Waals surface area (Å²) < 4.78 is 16.9. The number of halogens is 1. The van der Waals surface area contributed by atoms with E-state index in [0.29, 0.717) is 32.3 Å². The molecule has 1 heterocycles. The van der Waals surface area contributed by atoms with E-state index in [-0.39, 0.29) is 36.4 Å². The first-order chi connectivity index (χ1) is 15.6. The first-order valence-electron chi connectivity index (χ1n) is 10.8. The van der Waals surface area contributed by atoms with Crippen molar-refractivity contribution in [1.82, 2.24) is 15.5 Å². The smallest absolute Gasteiger partial charge is 0.241 e. The van der Waals surface area contributed by atoms with Gasteiger partial charge in [-0.1, -0.05) is 24.3 Å². The highest BCUT2D eigenvalue weighted by Crippen LogP contribution is 2.33. The molecular weight excluding hydrogens is 535 g/mol. The van der Waals surface area contributed by atoms with E-state index in [1.807, 2.05) is 42.5 Å². The molecule has 1 amide bonds. The quantitative estimate of drug-likeness (QED) is 0.290. The summed E-state index contributed by atoms with van der Waals surface area (Å²) in [4.78, 5) is 18.3. The number of guanidine groups is 1. The Bertz CT molecular complexity index is 919. The fraction of sp³-hybridized carbons (Fsp3) is 0.417. The van der Waals surface area contributed by atoms with Gasteiger partial charge in [0.25, 0.3) is 0 Å². The molecule has 0 bridgehead atoms.